The molecule has 3 aromatic carbocycles. The van der Waals surface area contributed by atoms with Gasteiger partial charge in [0.2, 0.25) is 0 Å². The largest absolute Gasteiger partial charge is 0.489 e. The number of ether oxygens (including phenoxy) is 1. The molecule has 0 bridgehead atoms. The van der Waals surface area contributed by atoms with Crippen LogP contribution >= 0.6 is 0 Å². The zero-order valence-electron chi connectivity index (χ0n) is 20.5. The molecular weight excluding hydrogens is 452 g/mol. The molecule has 2 aliphatic rings. The number of benzene rings is 3. The van der Waals surface area contributed by atoms with Crippen LogP contribution in [0.3, 0.4) is 0 Å². The lowest BCUT2D eigenvalue weighted by atomic mass is 9.78. The summed E-state index contributed by atoms with van der Waals surface area (Å²) in [4.78, 5) is 13.7. The van der Waals surface area contributed by atoms with Gasteiger partial charge in [0.25, 0.3) is 0 Å². The first-order valence-corrected chi connectivity index (χ1v) is 12.7. The minimum absolute atomic E-state index is 0.0742. The molecule has 188 valence electrons. The smallest absolute Gasteiger partial charge is 0.307 e. The second-order valence-electron chi connectivity index (χ2n) is 10.3. The Bertz CT molecular complexity index is 1230. The topological polar surface area (TPSA) is 96.0 Å². The van der Waals surface area contributed by atoms with Crippen molar-refractivity contribution in [2.75, 3.05) is 24.6 Å². The fourth-order valence-corrected chi connectivity index (χ4v) is 5.66. The Morgan fingerprint density at radius 3 is 2.53 bits per heavy atom. The van der Waals surface area contributed by atoms with E-state index in [1.807, 2.05) is 36.4 Å². The molecule has 4 N–H and O–H groups in total. The van der Waals surface area contributed by atoms with Gasteiger partial charge in [0.1, 0.15) is 12.4 Å². The normalized spacial score (nSPS) is 17.1. The average Bonchev–Trinajstić information content (AvgIpc) is 3.37. The molecule has 1 saturated carbocycles. The second kappa shape index (κ2) is 10.3. The molecule has 6 nitrogen and oxygen atoms in total. The number of para-hydroxylation sites is 1. The number of aliphatic hydroxyl groups is 1. The number of carbonyl (C=O) groups is 1. The van der Waals surface area contributed by atoms with Crippen molar-refractivity contribution < 1.29 is 19.7 Å². The Hall–Kier alpha value is -3.35. The number of rotatable bonds is 9. The van der Waals surface area contributed by atoms with E-state index in [0.717, 1.165) is 35.3 Å². The standard InChI is InChI=1S/C30H34N2O4/c31-27(17-33)23-8-5-7-22(14-23)25-12-21(18-36-28-9-2-1-6-24(28)16-29(34)35)13-26(15-25)32-19-30(20-32)10-3-4-11-30/h1-2,5-9,12-15,27,33H,3-4,10-11,16-20,31H2,(H,34,35)/t27-/m1/s1. The second-order valence-corrected chi connectivity index (χ2v) is 10.3. The number of hydrogen-bond donors (Lipinski definition) is 3. The van der Waals surface area contributed by atoms with E-state index in [9.17, 15) is 15.0 Å². The van der Waals surface area contributed by atoms with Crippen molar-refractivity contribution in [2.24, 2.45) is 11.1 Å². The van der Waals surface area contributed by atoms with Crippen LogP contribution in [0.15, 0.2) is 66.7 Å². The van der Waals surface area contributed by atoms with E-state index in [4.69, 9.17) is 10.5 Å². The van der Waals surface area contributed by atoms with Crippen LogP contribution in [0, 0.1) is 5.41 Å². The van der Waals surface area contributed by atoms with Gasteiger partial charge in [0, 0.05) is 29.8 Å². The Morgan fingerprint density at radius 1 is 1.00 bits per heavy atom. The molecule has 5 rings (SSSR count). The van der Waals surface area contributed by atoms with Gasteiger partial charge >= 0.3 is 5.97 Å². The lowest BCUT2D eigenvalue weighted by molar-refractivity contribution is -0.136. The van der Waals surface area contributed by atoms with Crippen molar-refractivity contribution in [1.29, 1.82) is 0 Å². The summed E-state index contributed by atoms with van der Waals surface area (Å²) < 4.78 is 6.14. The van der Waals surface area contributed by atoms with E-state index >= 15 is 0 Å². The molecular formula is C30H34N2O4. The van der Waals surface area contributed by atoms with Crippen LogP contribution in [0.4, 0.5) is 5.69 Å². The summed E-state index contributed by atoms with van der Waals surface area (Å²) in [5.74, 6) is -0.286. The van der Waals surface area contributed by atoms with Crippen LogP contribution in [0.5, 0.6) is 5.75 Å². The zero-order valence-corrected chi connectivity index (χ0v) is 20.5. The molecule has 3 aromatic rings. The Balaban J connectivity index is 1.44. The molecule has 0 amide bonds. The van der Waals surface area contributed by atoms with E-state index in [1.165, 1.54) is 31.4 Å². The van der Waals surface area contributed by atoms with Crippen LogP contribution in [0.25, 0.3) is 11.1 Å². The van der Waals surface area contributed by atoms with Crippen molar-refractivity contribution in [2.45, 2.75) is 44.8 Å². The van der Waals surface area contributed by atoms with E-state index in [-0.39, 0.29) is 13.0 Å². The SMILES string of the molecule is N[C@H](CO)c1cccc(-c2cc(COc3ccccc3CC(=O)O)cc(N3CC4(CCCC4)C3)c2)c1. The molecule has 1 heterocycles. The molecule has 1 aliphatic heterocycles. The highest BCUT2D eigenvalue weighted by molar-refractivity contribution is 5.72. The monoisotopic (exact) mass is 486 g/mol. The average molecular weight is 487 g/mol. The van der Waals surface area contributed by atoms with Gasteiger partial charge in [-0.1, -0.05) is 49.2 Å². The highest BCUT2D eigenvalue weighted by atomic mass is 16.5. The zero-order chi connectivity index (χ0) is 25.1. The number of carboxylic acid groups (broad SMARTS) is 1. The van der Waals surface area contributed by atoms with Gasteiger partial charge < -0.3 is 25.6 Å². The first kappa shape index (κ1) is 24.3. The van der Waals surface area contributed by atoms with Gasteiger partial charge in [-0.05, 0) is 65.4 Å². The number of aliphatic carboxylic acids is 1. The summed E-state index contributed by atoms with van der Waals surface area (Å²) in [6.45, 7) is 2.42. The summed E-state index contributed by atoms with van der Waals surface area (Å²) in [7, 11) is 0. The quantitative estimate of drug-likeness (QED) is 0.397. The summed E-state index contributed by atoms with van der Waals surface area (Å²) in [5, 5.41) is 18.8. The van der Waals surface area contributed by atoms with Crippen LogP contribution in [-0.2, 0) is 17.8 Å². The first-order valence-electron chi connectivity index (χ1n) is 12.7. The van der Waals surface area contributed by atoms with Gasteiger partial charge in [-0.2, -0.15) is 0 Å². The molecule has 1 atom stereocenters. The van der Waals surface area contributed by atoms with Gasteiger partial charge in [-0.15, -0.1) is 0 Å². The summed E-state index contributed by atoms with van der Waals surface area (Å²) in [6.07, 6.45) is 5.23. The summed E-state index contributed by atoms with van der Waals surface area (Å²) >= 11 is 0. The summed E-state index contributed by atoms with van der Waals surface area (Å²) in [6, 6.07) is 21.5. The number of anilines is 1. The predicted molar refractivity (Wildman–Crippen MR) is 141 cm³/mol. The van der Waals surface area contributed by atoms with Gasteiger partial charge in [0.05, 0.1) is 19.1 Å². The molecule has 1 saturated heterocycles. The maximum absolute atomic E-state index is 11.3. The fourth-order valence-electron chi connectivity index (χ4n) is 5.66. The van der Waals surface area contributed by atoms with Crippen molar-refractivity contribution in [1.82, 2.24) is 0 Å². The third-order valence-corrected chi connectivity index (χ3v) is 7.61. The van der Waals surface area contributed by atoms with E-state index in [2.05, 4.69) is 29.2 Å². The fraction of sp³-hybridized carbons (Fsp3) is 0.367. The van der Waals surface area contributed by atoms with E-state index in [1.54, 1.807) is 6.07 Å². The minimum atomic E-state index is -0.880. The van der Waals surface area contributed by atoms with Crippen molar-refractivity contribution in [3.63, 3.8) is 0 Å². The van der Waals surface area contributed by atoms with Gasteiger partial charge in [-0.25, -0.2) is 0 Å². The number of hydrogen-bond acceptors (Lipinski definition) is 5. The maximum Gasteiger partial charge on any atom is 0.307 e. The molecule has 0 radical (unpaired) electrons. The molecule has 0 unspecified atom stereocenters. The van der Waals surface area contributed by atoms with E-state index in [0.29, 0.717) is 23.3 Å². The van der Waals surface area contributed by atoms with Crippen LogP contribution in [-0.4, -0.2) is 35.9 Å². The third kappa shape index (κ3) is 5.25. The highest BCUT2D eigenvalue weighted by Gasteiger charge is 2.44. The minimum Gasteiger partial charge on any atom is -0.489 e. The van der Waals surface area contributed by atoms with Crippen molar-refractivity contribution in [3.05, 3.63) is 83.4 Å². The molecule has 6 heteroatoms. The van der Waals surface area contributed by atoms with Crippen LogP contribution in [0.2, 0.25) is 0 Å². The maximum atomic E-state index is 11.3. The molecule has 1 aliphatic carbocycles. The third-order valence-electron chi connectivity index (χ3n) is 7.61. The van der Waals surface area contributed by atoms with E-state index < -0.39 is 12.0 Å². The molecule has 36 heavy (non-hydrogen) atoms. The van der Waals surface area contributed by atoms with Crippen LogP contribution in [0.1, 0.15) is 48.4 Å². The van der Waals surface area contributed by atoms with Crippen molar-refractivity contribution in [3.8, 4) is 16.9 Å². The number of aliphatic hydroxyl groups excluding tert-OH is 1. The Morgan fingerprint density at radius 2 is 1.78 bits per heavy atom. The lowest BCUT2D eigenvalue weighted by Gasteiger charge is -2.50. The summed E-state index contributed by atoms with van der Waals surface area (Å²) in [5.41, 5.74) is 12.5. The lowest BCUT2D eigenvalue weighted by Crippen LogP contribution is -2.55. The number of nitrogens with zero attached hydrogens (tertiary/aromatic N) is 1. The van der Waals surface area contributed by atoms with Crippen LogP contribution < -0.4 is 15.4 Å². The Kier molecular flexibility index (Phi) is 6.99. The number of carboxylic acids is 1. The molecule has 2 fully saturated rings. The highest BCUT2D eigenvalue weighted by Crippen LogP contribution is 2.47. The molecule has 0 aromatic heterocycles. The predicted octanol–water partition coefficient (Wildman–Crippen LogP) is 4.93. The first-order chi connectivity index (χ1) is 17.4. The molecule has 1 spiro atoms. The van der Waals surface area contributed by atoms with Crippen molar-refractivity contribution >= 4 is 11.7 Å². The Labute approximate surface area is 212 Å². The van der Waals surface area contributed by atoms with Gasteiger partial charge in [-0.3, -0.25) is 4.79 Å². The number of nitrogens with two attached hydrogens (primary N) is 1. The van der Waals surface area contributed by atoms with Gasteiger partial charge in [0.15, 0.2) is 0 Å².